The summed E-state index contributed by atoms with van der Waals surface area (Å²) in [5.74, 6) is 0.577. The summed E-state index contributed by atoms with van der Waals surface area (Å²) in [7, 11) is 0. The molecule has 1 aromatic heterocycles. The largest absolute Gasteiger partial charge is 0.466 e. The predicted molar refractivity (Wildman–Crippen MR) is 61.9 cm³/mol. The summed E-state index contributed by atoms with van der Waals surface area (Å²) in [6.45, 7) is 4.94. The van der Waals surface area contributed by atoms with E-state index in [4.69, 9.17) is 10.5 Å². The highest BCUT2D eigenvalue weighted by Gasteiger charge is 2.04. The number of carbonyl (C=O) groups is 1. The topological polar surface area (TPSA) is 70.1 Å². The zero-order valence-corrected chi connectivity index (χ0v) is 9.90. The average Bonchev–Trinajstić information content (AvgIpc) is 2.56. The molecule has 0 aliphatic rings. The van der Waals surface area contributed by atoms with Gasteiger partial charge in [0.2, 0.25) is 0 Å². The van der Waals surface area contributed by atoms with Gasteiger partial charge in [0.15, 0.2) is 0 Å². The van der Waals surface area contributed by atoms with Crippen LogP contribution in [0.2, 0.25) is 0 Å². The molecule has 1 rings (SSSR count). The molecule has 0 unspecified atom stereocenters. The molecule has 5 nitrogen and oxygen atoms in total. The van der Waals surface area contributed by atoms with Crippen LogP contribution in [0.4, 0.5) is 5.82 Å². The molecule has 0 spiro atoms. The molecule has 0 radical (unpaired) electrons. The van der Waals surface area contributed by atoms with Crippen LogP contribution in [-0.2, 0) is 16.1 Å². The van der Waals surface area contributed by atoms with E-state index in [0.717, 1.165) is 25.1 Å². The second kappa shape index (κ2) is 6.15. The second-order valence-corrected chi connectivity index (χ2v) is 3.67. The van der Waals surface area contributed by atoms with Crippen LogP contribution in [0.25, 0.3) is 0 Å². The Bertz CT molecular complexity index is 347. The Morgan fingerprint density at radius 3 is 2.88 bits per heavy atom. The summed E-state index contributed by atoms with van der Waals surface area (Å²) in [6, 6.07) is 0. The number of carbonyl (C=O) groups excluding carboxylic acids is 1. The molecule has 0 bridgehead atoms. The minimum atomic E-state index is -0.128. The lowest BCUT2D eigenvalue weighted by molar-refractivity contribution is -0.143. The monoisotopic (exact) mass is 225 g/mol. The minimum Gasteiger partial charge on any atom is -0.466 e. The van der Waals surface area contributed by atoms with Crippen LogP contribution in [0.1, 0.15) is 31.9 Å². The highest BCUT2D eigenvalue weighted by molar-refractivity contribution is 5.69. The van der Waals surface area contributed by atoms with Gasteiger partial charge in [0, 0.05) is 13.0 Å². The molecule has 1 heterocycles. The summed E-state index contributed by atoms with van der Waals surface area (Å²) >= 11 is 0. The van der Waals surface area contributed by atoms with Crippen LogP contribution in [0, 0.1) is 6.92 Å². The number of unbranched alkanes of at least 4 members (excludes halogenated alkanes) is 1. The van der Waals surface area contributed by atoms with E-state index in [0.29, 0.717) is 18.8 Å². The van der Waals surface area contributed by atoms with Gasteiger partial charge in [0.1, 0.15) is 5.82 Å². The predicted octanol–water partition coefficient (Wildman–Crippen LogP) is 1.51. The highest BCUT2D eigenvalue weighted by atomic mass is 16.5. The van der Waals surface area contributed by atoms with Crippen LogP contribution in [0.3, 0.4) is 0 Å². The van der Waals surface area contributed by atoms with Gasteiger partial charge in [0.25, 0.3) is 0 Å². The van der Waals surface area contributed by atoms with Gasteiger partial charge < -0.3 is 15.0 Å². The number of imidazole rings is 1. The van der Waals surface area contributed by atoms with Gasteiger partial charge in [0.05, 0.1) is 18.6 Å². The molecule has 0 aliphatic carbocycles. The Balaban J connectivity index is 2.21. The maximum Gasteiger partial charge on any atom is 0.305 e. The Morgan fingerprint density at radius 1 is 1.56 bits per heavy atom. The maximum atomic E-state index is 11.1. The molecule has 0 amide bonds. The van der Waals surface area contributed by atoms with Gasteiger partial charge in [-0.25, -0.2) is 4.98 Å². The SMILES string of the molecule is CCOC(=O)CCCCn1cnc(C)c1N. The molecular formula is C11H19N3O2. The highest BCUT2D eigenvalue weighted by Crippen LogP contribution is 2.10. The zero-order chi connectivity index (χ0) is 12.0. The van der Waals surface area contributed by atoms with Crippen LogP contribution < -0.4 is 5.73 Å². The smallest absolute Gasteiger partial charge is 0.305 e. The summed E-state index contributed by atoms with van der Waals surface area (Å²) in [4.78, 5) is 15.2. The van der Waals surface area contributed by atoms with E-state index in [1.807, 2.05) is 18.4 Å². The number of aryl methyl sites for hydroxylation is 2. The van der Waals surface area contributed by atoms with Gasteiger partial charge >= 0.3 is 5.97 Å². The van der Waals surface area contributed by atoms with Gasteiger partial charge in [-0.3, -0.25) is 4.79 Å². The van der Waals surface area contributed by atoms with Crippen molar-refractivity contribution < 1.29 is 9.53 Å². The van der Waals surface area contributed by atoms with E-state index in [1.54, 1.807) is 6.33 Å². The van der Waals surface area contributed by atoms with E-state index in [2.05, 4.69) is 4.98 Å². The Kier molecular flexibility index (Phi) is 4.82. The lowest BCUT2D eigenvalue weighted by atomic mass is 10.2. The normalized spacial score (nSPS) is 10.4. The molecular weight excluding hydrogens is 206 g/mol. The molecule has 90 valence electrons. The molecule has 0 aliphatic heterocycles. The van der Waals surface area contributed by atoms with Crippen LogP contribution in [0.5, 0.6) is 0 Å². The Morgan fingerprint density at radius 2 is 2.31 bits per heavy atom. The molecule has 5 heteroatoms. The van der Waals surface area contributed by atoms with Crippen molar-refractivity contribution in [1.82, 2.24) is 9.55 Å². The summed E-state index contributed by atoms with van der Waals surface area (Å²) < 4.78 is 6.74. The van der Waals surface area contributed by atoms with Gasteiger partial charge in [-0.15, -0.1) is 0 Å². The standard InChI is InChI=1S/C11H19N3O2/c1-3-16-10(15)6-4-5-7-14-8-13-9(2)11(14)12/h8H,3-7,12H2,1-2H3. The van der Waals surface area contributed by atoms with E-state index in [1.165, 1.54) is 0 Å². The van der Waals surface area contributed by atoms with Gasteiger partial charge in [-0.1, -0.05) is 0 Å². The third-order valence-electron chi connectivity index (χ3n) is 2.41. The lowest BCUT2D eigenvalue weighted by Gasteiger charge is -2.05. The number of hydrogen-bond donors (Lipinski definition) is 1. The molecule has 0 saturated heterocycles. The number of hydrogen-bond acceptors (Lipinski definition) is 4. The number of nitrogen functional groups attached to an aromatic ring is 1. The molecule has 16 heavy (non-hydrogen) atoms. The third-order valence-corrected chi connectivity index (χ3v) is 2.41. The number of aromatic nitrogens is 2. The summed E-state index contributed by atoms with van der Waals surface area (Å²) in [5.41, 5.74) is 6.65. The van der Waals surface area contributed by atoms with E-state index in [9.17, 15) is 4.79 Å². The first-order valence-electron chi connectivity index (χ1n) is 5.58. The van der Waals surface area contributed by atoms with Gasteiger partial charge in [-0.2, -0.15) is 0 Å². The van der Waals surface area contributed by atoms with Crippen LogP contribution in [-0.4, -0.2) is 22.1 Å². The lowest BCUT2D eigenvalue weighted by Crippen LogP contribution is -2.06. The number of esters is 1. The minimum absolute atomic E-state index is 0.128. The van der Waals surface area contributed by atoms with Crippen LogP contribution in [0.15, 0.2) is 6.33 Å². The third kappa shape index (κ3) is 3.56. The molecule has 2 N–H and O–H groups in total. The van der Waals surface area contributed by atoms with Crippen molar-refractivity contribution >= 4 is 11.8 Å². The Labute approximate surface area is 95.6 Å². The number of nitrogens with two attached hydrogens (primary N) is 1. The van der Waals surface area contributed by atoms with E-state index in [-0.39, 0.29) is 5.97 Å². The quantitative estimate of drug-likeness (QED) is 0.588. The van der Waals surface area contributed by atoms with Crippen molar-refractivity contribution in [2.45, 2.75) is 39.7 Å². The molecule has 0 atom stereocenters. The average molecular weight is 225 g/mol. The molecule has 0 saturated carbocycles. The fourth-order valence-electron chi connectivity index (χ4n) is 1.46. The van der Waals surface area contributed by atoms with Crippen molar-refractivity contribution in [3.8, 4) is 0 Å². The fourth-order valence-corrected chi connectivity index (χ4v) is 1.46. The Hall–Kier alpha value is -1.52. The molecule has 0 fully saturated rings. The first-order valence-corrected chi connectivity index (χ1v) is 5.58. The summed E-state index contributed by atoms with van der Waals surface area (Å²) in [5, 5.41) is 0. The van der Waals surface area contributed by atoms with Crippen molar-refractivity contribution in [2.24, 2.45) is 0 Å². The second-order valence-electron chi connectivity index (χ2n) is 3.67. The number of ether oxygens (including phenoxy) is 1. The molecule has 1 aromatic rings. The zero-order valence-electron chi connectivity index (χ0n) is 9.90. The van der Waals surface area contributed by atoms with Crippen molar-refractivity contribution in [3.05, 3.63) is 12.0 Å². The summed E-state index contributed by atoms with van der Waals surface area (Å²) in [6.07, 6.45) is 3.92. The number of anilines is 1. The van der Waals surface area contributed by atoms with Crippen LogP contribution >= 0.6 is 0 Å². The van der Waals surface area contributed by atoms with E-state index >= 15 is 0 Å². The first-order chi connectivity index (χ1) is 7.65. The van der Waals surface area contributed by atoms with Gasteiger partial charge in [-0.05, 0) is 26.7 Å². The first kappa shape index (κ1) is 12.5. The van der Waals surface area contributed by atoms with Crippen molar-refractivity contribution in [3.63, 3.8) is 0 Å². The van der Waals surface area contributed by atoms with E-state index < -0.39 is 0 Å². The van der Waals surface area contributed by atoms with Crippen molar-refractivity contribution in [2.75, 3.05) is 12.3 Å². The number of nitrogens with zero attached hydrogens (tertiary/aromatic N) is 2. The number of rotatable bonds is 6. The maximum absolute atomic E-state index is 11.1. The van der Waals surface area contributed by atoms with Crippen molar-refractivity contribution in [1.29, 1.82) is 0 Å². The molecule has 0 aromatic carbocycles. The fraction of sp³-hybridized carbons (Fsp3) is 0.636.